The van der Waals surface area contributed by atoms with Gasteiger partial charge in [0, 0.05) is 42.8 Å². The van der Waals surface area contributed by atoms with Crippen LogP contribution in [0.5, 0.6) is 5.75 Å². The molecule has 0 amide bonds. The van der Waals surface area contributed by atoms with Crippen LogP contribution in [0.2, 0.25) is 0 Å². The van der Waals surface area contributed by atoms with Crippen LogP contribution in [0, 0.1) is 0 Å². The lowest BCUT2D eigenvalue weighted by molar-refractivity contribution is 0.113. The third-order valence-corrected chi connectivity index (χ3v) is 4.04. The standard InChI is InChI=1S/C13H20BrN3O/c1-16-4-6-17(7-5-16)12(9-15)11-8-10(14)2-3-13(11)18/h2-3,8,12,18H,4-7,9,15H2,1H3. The minimum Gasteiger partial charge on any atom is -0.508 e. The minimum atomic E-state index is 0.0937. The summed E-state index contributed by atoms with van der Waals surface area (Å²) < 4.78 is 0.975. The van der Waals surface area contributed by atoms with Gasteiger partial charge in [0.15, 0.2) is 0 Å². The molecule has 1 saturated heterocycles. The number of piperazine rings is 1. The van der Waals surface area contributed by atoms with Gasteiger partial charge in [-0.2, -0.15) is 0 Å². The number of nitrogens with zero attached hydrogens (tertiary/aromatic N) is 2. The van der Waals surface area contributed by atoms with Crippen molar-refractivity contribution in [1.82, 2.24) is 9.80 Å². The molecule has 1 aliphatic rings. The summed E-state index contributed by atoms with van der Waals surface area (Å²) in [5.41, 5.74) is 6.82. The van der Waals surface area contributed by atoms with Crippen molar-refractivity contribution in [2.45, 2.75) is 6.04 Å². The molecule has 0 saturated carbocycles. The fourth-order valence-corrected chi connectivity index (χ4v) is 2.78. The normalized spacial score (nSPS) is 19.9. The molecule has 1 atom stereocenters. The fourth-order valence-electron chi connectivity index (χ4n) is 2.40. The molecule has 4 nitrogen and oxygen atoms in total. The Morgan fingerprint density at radius 1 is 1.33 bits per heavy atom. The van der Waals surface area contributed by atoms with Crippen molar-refractivity contribution in [1.29, 1.82) is 0 Å². The van der Waals surface area contributed by atoms with Crippen molar-refractivity contribution in [2.75, 3.05) is 39.8 Å². The summed E-state index contributed by atoms with van der Waals surface area (Å²) >= 11 is 3.45. The Hall–Kier alpha value is -0.620. The Morgan fingerprint density at radius 3 is 2.61 bits per heavy atom. The van der Waals surface area contributed by atoms with E-state index < -0.39 is 0 Å². The second kappa shape index (κ2) is 6.02. The first-order chi connectivity index (χ1) is 8.61. The summed E-state index contributed by atoms with van der Waals surface area (Å²) in [6, 6.07) is 5.62. The van der Waals surface area contributed by atoms with Gasteiger partial charge in [0.2, 0.25) is 0 Å². The Labute approximate surface area is 117 Å². The Balaban J connectivity index is 2.19. The Bertz CT molecular complexity index is 405. The summed E-state index contributed by atoms with van der Waals surface area (Å²) in [4.78, 5) is 4.66. The van der Waals surface area contributed by atoms with E-state index >= 15 is 0 Å². The molecule has 0 spiro atoms. The Morgan fingerprint density at radius 2 is 2.00 bits per heavy atom. The number of hydrogen-bond acceptors (Lipinski definition) is 4. The third-order valence-electron chi connectivity index (χ3n) is 3.55. The molecule has 1 heterocycles. The van der Waals surface area contributed by atoms with Crippen molar-refractivity contribution in [3.05, 3.63) is 28.2 Å². The van der Waals surface area contributed by atoms with Crippen LogP contribution in [-0.4, -0.2) is 54.7 Å². The van der Waals surface area contributed by atoms with Gasteiger partial charge in [0.25, 0.3) is 0 Å². The van der Waals surface area contributed by atoms with Crippen LogP contribution < -0.4 is 5.73 Å². The van der Waals surface area contributed by atoms with E-state index in [0.717, 1.165) is 36.2 Å². The smallest absolute Gasteiger partial charge is 0.120 e. The average molecular weight is 314 g/mol. The largest absolute Gasteiger partial charge is 0.508 e. The molecule has 1 aliphatic heterocycles. The highest BCUT2D eigenvalue weighted by Crippen LogP contribution is 2.31. The lowest BCUT2D eigenvalue weighted by Gasteiger charge is -2.37. The van der Waals surface area contributed by atoms with E-state index in [1.807, 2.05) is 12.1 Å². The number of nitrogens with two attached hydrogens (primary N) is 1. The molecule has 1 aromatic rings. The monoisotopic (exact) mass is 313 g/mol. The summed E-state index contributed by atoms with van der Waals surface area (Å²) in [6.07, 6.45) is 0. The van der Waals surface area contributed by atoms with E-state index in [2.05, 4.69) is 32.8 Å². The highest BCUT2D eigenvalue weighted by atomic mass is 79.9. The van der Waals surface area contributed by atoms with Crippen LogP contribution in [0.15, 0.2) is 22.7 Å². The van der Waals surface area contributed by atoms with E-state index in [1.54, 1.807) is 6.07 Å². The molecule has 100 valence electrons. The van der Waals surface area contributed by atoms with E-state index in [9.17, 15) is 5.11 Å². The minimum absolute atomic E-state index is 0.0937. The number of likely N-dealkylation sites (N-methyl/N-ethyl adjacent to an activating group) is 1. The molecule has 1 aromatic carbocycles. The van der Waals surface area contributed by atoms with E-state index in [1.165, 1.54) is 0 Å². The van der Waals surface area contributed by atoms with Crippen molar-refractivity contribution < 1.29 is 5.11 Å². The zero-order valence-electron chi connectivity index (χ0n) is 10.6. The van der Waals surface area contributed by atoms with Crippen LogP contribution in [0.25, 0.3) is 0 Å². The summed E-state index contributed by atoms with van der Waals surface area (Å²) in [7, 11) is 2.13. The molecule has 0 radical (unpaired) electrons. The van der Waals surface area contributed by atoms with Crippen LogP contribution in [0.1, 0.15) is 11.6 Å². The number of aromatic hydroxyl groups is 1. The van der Waals surface area contributed by atoms with Crippen molar-refractivity contribution in [3.63, 3.8) is 0 Å². The number of phenolic OH excluding ortho intramolecular Hbond substituents is 1. The van der Waals surface area contributed by atoms with E-state index in [-0.39, 0.29) is 6.04 Å². The second-order valence-corrected chi connectivity index (χ2v) is 5.71. The van der Waals surface area contributed by atoms with E-state index in [4.69, 9.17) is 5.73 Å². The van der Waals surface area contributed by atoms with Crippen LogP contribution >= 0.6 is 15.9 Å². The number of hydrogen-bond donors (Lipinski definition) is 2. The fraction of sp³-hybridized carbons (Fsp3) is 0.538. The quantitative estimate of drug-likeness (QED) is 0.886. The van der Waals surface area contributed by atoms with Crippen LogP contribution in [0.4, 0.5) is 0 Å². The lowest BCUT2D eigenvalue weighted by Crippen LogP contribution is -2.47. The molecule has 5 heteroatoms. The molecule has 3 N–H and O–H groups in total. The zero-order valence-corrected chi connectivity index (χ0v) is 12.2. The maximum Gasteiger partial charge on any atom is 0.120 e. The lowest BCUT2D eigenvalue weighted by atomic mass is 10.0. The summed E-state index contributed by atoms with van der Waals surface area (Å²) in [5.74, 6) is 0.326. The van der Waals surface area contributed by atoms with Gasteiger partial charge in [-0.3, -0.25) is 4.90 Å². The highest BCUT2D eigenvalue weighted by molar-refractivity contribution is 9.10. The van der Waals surface area contributed by atoms with Gasteiger partial charge in [0.05, 0.1) is 6.04 Å². The topological polar surface area (TPSA) is 52.7 Å². The molecule has 2 rings (SSSR count). The predicted octanol–water partition coefficient (Wildman–Crippen LogP) is 1.40. The van der Waals surface area contributed by atoms with Gasteiger partial charge in [-0.1, -0.05) is 15.9 Å². The van der Waals surface area contributed by atoms with E-state index in [0.29, 0.717) is 12.3 Å². The summed E-state index contributed by atoms with van der Waals surface area (Å²) in [6.45, 7) is 4.60. The van der Waals surface area contributed by atoms with Crippen molar-refractivity contribution in [2.24, 2.45) is 5.73 Å². The molecule has 1 fully saturated rings. The van der Waals surface area contributed by atoms with Gasteiger partial charge >= 0.3 is 0 Å². The van der Waals surface area contributed by atoms with Crippen molar-refractivity contribution in [3.8, 4) is 5.75 Å². The first-order valence-corrected chi connectivity index (χ1v) is 7.02. The van der Waals surface area contributed by atoms with Gasteiger partial charge in [0.1, 0.15) is 5.75 Å². The first-order valence-electron chi connectivity index (χ1n) is 6.23. The maximum absolute atomic E-state index is 10.0. The average Bonchev–Trinajstić information content (AvgIpc) is 2.37. The summed E-state index contributed by atoms with van der Waals surface area (Å²) in [5, 5.41) is 10.0. The molecule has 18 heavy (non-hydrogen) atoms. The Kier molecular flexibility index (Phi) is 4.61. The van der Waals surface area contributed by atoms with Gasteiger partial charge in [-0.15, -0.1) is 0 Å². The van der Waals surface area contributed by atoms with Crippen LogP contribution in [0.3, 0.4) is 0 Å². The number of rotatable bonds is 3. The third kappa shape index (κ3) is 3.03. The van der Waals surface area contributed by atoms with Crippen LogP contribution in [-0.2, 0) is 0 Å². The SMILES string of the molecule is CN1CCN(C(CN)c2cc(Br)ccc2O)CC1. The highest BCUT2D eigenvalue weighted by Gasteiger charge is 2.24. The second-order valence-electron chi connectivity index (χ2n) is 4.79. The maximum atomic E-state index is 10.0. The molecular formula is C13H20BrN3O. The number of phenols is 1. The molecule has 0 aliphatic carbocycles. The van der Waals surface area contributed by atoms with Crippen molar-refractivity contribution >= 4 is 15.9 Å². The first kappa shape index (κ1) is 13.8. The van der Waals surface area contributed by atoms with Gasteiger partial charge in [-0.05, 0) is 25.2 Å². The van der Waals surface area contributed by atoms with Gasteiger partial charge in [-0.25, -0.2) is 0 Å². The molecule has 0 bridgehead atoms. The number of halogens is 1. The number of benzene rings is 1. The zero-order chi connectivity index (χ0) is 13.1. The van der Waals surface area contributed by atoms with Gasteiger partial charge < -0.3 is 15.7 Å². The predicted molar refractivity (Wildman–Crippen MR) is 76.7 cm³/mol. The molecule has 1 unspecified atom stereocenters. The molecule has 0 aromatic heterocycles. The molecular weight excluding hydrogens is 294 g/mol.